The van der Waals surface area contributed by atoms with Crippen LogP contribution in [0.15, 0.2) is 24.3 Å². The topological polar surface area (TPSA) is 64.7 Å². The quantitative estimate of drug-likeness (QED) is 0.763. The first-order valence-electron chi connectivity index (χ1n) is 10.2. The normalized spacial score (nSPS) is 22.1. The van der Waals surface area contributed by atoms with Gasteiger partial charge in [0.15, 0.2) is 0 Å². The summed E-state index contributed by atoms with van der Waals surface area (Å²) in [5, 5.41) is 6.36. The van der Waals surface area contributed by atoms with E-state index in [4.69, 9.17) is 0 Å². The maximum atomic E-state index is 12.6. The van der Waals surface area contributed by atoms with Gasteiger partial charge in [0, 0.05) is 57.9 Å². The number of rotatable bonds is 7. The van der Waals surface area contributed by atoms with Crippen molar-refractivity contribution < 1.29 is 9.59 Å². The molecule has 1 aromatic rings. The third-order valence-electron chi connectivity index (χ3n) is 5.80. The van der Waals surface area contributed by atoms with Gasteiger partial charge in [-0.2, -0.15) is 0 Å². The van der Waals surface area contributed by atoms with Crippen LogP contribution >= 0.6 is 0 Å². The van der Waals surface area contributed by atoms with Crippen LogP contribution in [-0.2, 0) is 9.59 Å². The molecule has 27 heavy (non-hydrogen) atoms. The molecular weight excluding hydrogens is 340 g/mol. The van der Waals surface area contributed by atoms with Gasteiger partial charge in [0.05, 0.1) is 5.92 Å². The number of carbonyl (C=O) groups is 2. The summed E-state index contributed by atoms with van der Waals surface area (Å²) in [6, 6.07) is 8.09. The van der Waals surface area contributed by atoms with E-state index in [1.165, 1.54) is 5.56 Å². The number of benzene rings is 1. The smallest absolute Gasteiger partial charge is 0.227 e. The van der Waals surface area contributed by atoms with Crippen LogP contribution in [0.3, 0.4) is 0 Å². The van der Waals surface area contributed by atoms with Crippen molar-refractivity contribution in [1.82, 2.24) is 15.5 Å². The first kappa shape index (κ1) is 19.8. The molecule has 6 heteroatoms. The monoisotopic (exact) mass is 372 g/mol. The molecule has 0 aliphatic carbocycles. The Bertz CT molecular complexity index is 657. The highest BCUT2D eigenvalue weighted by Crippen LogP contribution is 2.33. The summed E-state index contributed by atoms with van der Waals surface area (Å²) in [5.74, 6) is 0.182. The molecular formula is C21H32N4O2. The third-order valence-corrected chi connectivity index (χ3v) is 5.80. The van der Waals surface area contributed by atoms with Gasteiger partial charge in [-0.05, 0) is 24.0 Å². The molecule has 0 bridgehead atoms. The molecule has 2 aliphatic rings. The van der Waals surface area contributed by atoms with E-state index in [0.29, 0.717) is 25.4 Å². The Hall–Kier alpha value is -1.92. The van der Waals surface area contributed by atoms with Gasteiger partial charge in [-0.3, -0.25) is 14.5 Å². The number of hydrogen-bond donors (Lipinski definition) is 2. The number of anilines is 1. The summed E-state index contributed by atoms with van der Waals surface area (Å²) in [6.45, 7) is 10.4. The summed E-state index contributed by atoms with van der Waals surface area (Å²) < 4.78 is 0. The second-order valence-electron chi connectivity index (χ2n) is 7.66. The molecule has 0 aromatic heterocycles. The van der Waals surface area contributed by atoms with Crippen molar-refractivity contribution in [3.8, 4) is 0 Å². The van der Waals surface area contributed by atoms with Crippen LogP contribution in [0.4, 0.5) is 5.69 Å². The van der Waals surface area contributed by atoms with Crippen molar-refractivity contribution >= 4 is 17.5 Å². The summed E-state index contributed by atoms with van der Waals surface area (Å²) in [6.07, 6.45) is 1.32. The Morgan fingerprint density at radius 3 is 2.78 bits per heavy atom. The fourth-order valence-corrected chi connectivity index (χ4v) is 3.90. The van der Waals surface area contributed by atoms with Crippen LogP contribution in [-0.4, -0.2) is 62.5 Å². The number of piperazine rings is 1. The van der Waals surface area contributed by atoms with Crippen LogP contribution < -0.4 is 15.5 Å². The molecule has 6 nitrogen and oxygen atoms in total. The first-order valence-corrected chi connectivity index (χ1v) is 10.2. The van der Waals surface area contributed by atoms with E-state index < -0.39 is 0 Å². The Labute approximate surface area is 162 Å². The number of para-hydroxylation sites is 1. The van der Waals surface area contributed by atoms with Crippen LogP contribution in [0.25, 0.3) is 0 Å². The summed E-state index contributed by atoms with van der Waals surface area (Å²) in [5.41, 5.74) is 2.15. The number of amides is 2. The van der Waals surface area contributed by atoms with Crippen molar-refractivity contribution in [1.29, 1.82) is 0 Å². The Balaban J connectivity index is 1.56. The SMILES string of the molecule is CCC(C)c1ccccc1N1CC(C(=O)NCCN2CCNCC2)CC1=O. The molecule has 2 aliphatic heterocycles. The molecule has 148 valence electrons. The van der Waals surface area contributed by atoms with Crippen LogP contribution in [0.2, 0.25) is 0 Å². The molecule has 2 atom stereocenters. The minimum absolute atomic E-state index is 0.00186. The number of nitrogens with zero attached hydrogens (tertiary/aromatic N) is 2. The van der Waals surface area contributed by atoms with E-state index in [9.17, 15) is 9.59 Å². The summed E-state index contributed by atoms with van der Waals surface area (Å²) in [7, 11) is 0. The molecule has 2 saturated heterocycles. The molecule has 2 fully saturated rings. The average molecular weight is 373 g/mol. The Kier molecular flexibility index (Phi) is 6.85. The van der Waals surface area contributed by atoms with E-state index in [1.54, 1.807) is 0 Å². The Morgan fingerprint density at radius 1 is 1.30 bits per heavy atom. The van der Waals surface area contributed by atoms with E-state index >= 15 is 0 Å². The molecule has 0 radical (unpaired) electrons. The molecule has 0 spiro atoms. The van der Waals surface area contributed by atoms with Gasteiger partial charge >= 0.3 is 0 Å². The lowest BCUT2D eigenvalue weighted by Gasteiger charge is -2.27. The maximum Gasteiger partial charge on any atom is 0.227 e. The molecule has 2 heterocycles. The maximum absolute atomic E-state index is 12.6. The summed E-state index contributed by atoms with van der Waals surface area (Å²) in [4.78, 5) is 29.3. The predicted molar refractivity (Wildman–Crippen MR) is 108 cm³/mol. The van der Waals surface area contributed by atoms with Gasteiger partial charge in [-0.1, -0.05) is 32.0 Å². The standard InChI is InChI=1S/C21H32N4O2/c1-3-16(2)18-6-4-5-7-19(18)25-15-17(14-20(25)26)21(27)23-10-13-24-11-8-22-9-12-24/h4-7,16-17,22H,3,8-15H2,1-2H3,(H,23,27). The fourth-order valence-electron chi connectivity index (χ4n) is 3.90. The highest BCUT2D eigenvalue weighted by Gasteiger charge is 2.36. The van der Waals surface area contributed by atoms with Crippen molar-refractivity contribution in [2.24, 2.45) is 5.92 Å². The van der Waals surface area contributed by atoms with E-state index in [1.807, 2.05) is 23.1 Å². The first-order chi connectivity index (χ1) is 13.1. The lowest BCUT2D eigenvalue weighted by Crippen LogP contribution is -2.46. The van der Waals surface area contributed by atoms with Gasteiger partial charge in [0.25, 0.3) is 0 Å². The Morgan fingerprint density at radius 2 is 2.04 bits per heavy atom. The second-order valence-corrected chi connectivity index (χ2v) is 7.66. The third kappa shape index (κ3) is 4.87. The van der Waals surface area contributed by atoms with E-state index in [-0.39, 0.29) is 17.7 Å². The van der Waals surface area contributed by atoms with Crippen molar-refractivity contribution in [3.05, 3.63) is 29.8 Å². The van der Waals surface area contributed by atoms with E-state index in [2.05, 4.69) is 35.4 Å². The largest absolute Gasteiger partial charge is 0.355 e. The van der Waals surface area contributed by atoms with Crippen molar-refractivity contribution in [2.75, 3.05) is 50.7 Å². The average Bonchev–Trinajstić information content (AvgIpc) is 3.09. The lowest BCUT2D eigenvalue weighted by atomic mass is 9.96. The van der Waals surface area contributed by atoms with Gasteiger partial charge in [-0.15, -0.1) is 0 Å². The van der Waals surface area contributed by atoms with Gasteiger partial charge < -0.3 is 15.5 Å². The van der Waals surface area contributed by atoms with Crippen LogP contribution in [0, 0.1) is 5.92 Å². The van der Waals surface area contributed by atoms with Gasteiger partial charge in [0.1, 0.15) is 0 Å². The lowest BCUT2D eigenvalue weighted by molar-refractivity contribution is -0.126. The molecule has 0 saturated carbocycles. The number of nitrogens with one attached hydrogen (secondary N) is 2. The minimum Gasteiger partial charge on any atom is -0.355 e. The molecule has 2 amide bonds. The fraction of sp³-hybridized carbons (Fsp3) is 0.619. The van der Waals surface area contributed by atoms with Crippen LogP contribution in [0.1, 0.15) is 38.2 Å². The molecule has 3 rings (SSSR count). The molecule has 2 unspecified atom stereocenters. The zero-order chi connectivity index (χ0) is 19.2. The zero-order valence-electron chi connectivity index (χ0n) is 16.5. The number of carbonyl (C=O) groups excluding carboxylic acids is 2. The van der Waals surface area contributed by atoms with Crippen molar-refractivity contribution in [3.63, 3.8) is 0 Å². The molecule has 2 N–H and O–H groups in total. The van der Waals surface area contributed by atoms with E-state index in [0.717, 1.165) is 44.8 Å². The predicted octanol–water partition coefficient (Wildman–Crippen LogP) is 1.57. The summed E-state index contributed by atoms with van der Waals surface area (Å²) >= 11 is 0. The van der Waals surface area contributed by atoms with Crippen LogP contribution in [0.5, 0.6) is 0 Å². The highest BCUT2D eigenvalue weighted by atomic mass is 16.2. The molecule has 1 aromatic carbocycles. The van der Waals surface area contributed by atoms with Crippen molar-refractivity contribution in [2.45, 2.75) is 32.6 Å². The minimum atomic E-state index is -0.259. The number of hydrogen-bond acceptors (Lipinski definition) is 4. The second kappa shape index (κ2) is 9.33. The highest BCUT2D eigenvalue weighted by molar-refractivity contribution is 6.00. The zero-order valence-corrected chi connectivity index (χ0v) is 16.5. The van der Waals surface area contributed by atoms with Gasteiger partial charge in [0.2, 0.25) is 11.8 Å². The van der Waals surface area contributed by atoms with Gasteiger partial charge in [-0.25, -0.2) is 0 Å².